The summed E-state index contributed by atoms with van der Waals surface area (Å²) in [6, 6.07) is 20.7. The van der Waals surface area contributed by atoms with Gasteiger partial charge in [-0.1, -0.05) is 60.7 Å². The van der Waals surface area contributed by atoms with Crippen molar-refractivity contribution < 1.29 is 0 Å². The third-order valence-corrected chi connectivity index (χ3v) is 4.25. The van der Waals surface area contributed by atoms with Crippen LogP contribution in [-0.2, 0) is 19.5 Å². The second kappa shape index (κ2) is 10.2. The lowest BCUT2D eigenvalue weighted by atomic mass is 10.2. The Balaban J connectivity index is 1.54. The maximum absolute atomic E-state index is 4.66. The average Bonchev–Trinajstić information content (AvgIpc) is 3.14. The molecule has 0 saturated heterocycles. The van der Waals surface area contributed by atoms with E-state index in [9.17, 15) is 0 Å². The minimum absolute atomic E-state index is 0.665. The summed E-state index contributed by atoms with van der Waals surface area (Å²) in [6.07, 6.45) is 4.75. The Morgan fingerprint density at radius 1 is 0.963 bits per heavy atom. The topological polar surface area (TPSA) is 54.2 Å². The number of guanidine groups is 1. The van der Waals surface area contributed by atoms with Gasteiger partial charge in [0.25, 0.3) is 0 Å². The molecule has 2 aromatic carbocycles. The molecular weight excluding hydrogens is 334 g/mol. The molecule has 0 atom stereocenters. The fraction of sp³-hybridized carbons (Fsp3) is 0.273. The minimum atomic E-state index is 0.665. The molecule has 140 valence electrons. The van der Waals surface area contributed by atoms with Gasteiger partial charge < -0.3 is 15.2 Å². The van der Waals surface area contributed by atoms with Crippen LogP contribution in [0.25, 0.3) is 0 Å². The van der Waals surface area contributed by atoms with E-state index >= 15 is 0 Å². The van der Waals surface area contributed by atoms with Crippen molar-refractivity contribution in [2.45, 2.75) is 26.4 Å². The van der Waals surface area contributed by atoms with E-state index in [2.05, 4.69) is 68.5 Å². The molecule has 0 bridgehead atoms. The summed E-state index contributed by atoms with van der Waals surface area (Å²) in [5.41, 5.74) is 2.48. The molecule has 5 nitrogen and oxygen atoms in total. The SMILES string of the molecule is CCNC(=NCc1ccccc1)NCCc1nccn1Cc1ccccc1. The molecular formula is C22H27N5. The summed E-state index contributed by atoms with van der Waals surface area (Å²) in [5.74, 6) is 1.91. The number of aromatic nitrogens is 2. The lowest BCUT2D eigenvalue weighted by molar-refractivity contribution is 0.694. The Kier molecular flexibility index (Phi) is 7.04. The lowest BCUT2D eigenvalue weighted by Crippen LogP contribution is -2.38. The van der Waals surface area contributed by atoms with Gasteiger partial charge in [-0.3, -0.25) is 0 Å². The number of rotatable bonds is 8. The number of hydrogen-bond acceptors (Lipinski definition) is 2. The molecule has 5 heteroatoms. The summed E-state index contributed by atoms with van der Waals surface area (Å²) >= 11 is 0. The van der Waals surface area contributed by atoms with Crippen LogP contribution in [0.2, 0.25) is 0 Å². The molecule has 27 heavy (non-hydrogen) atoms. The van der Waals surface area contributed by atoms with Crippen molar-refractivity contribution in [1.82, 2.24) is 20.2 Å². The molecule has 1 heterocycles. The van der Waals surface area contributed by atoms with Crippen LogP contribution in [0, 0.1) is 0 Å². The first-order chi connectivity index (χ1) is 13.3. The van der Waals surface area contributed by atoms with Crippen molar-refractivity contribution in [3.8, 4) is 0 Å². The molecule has 0 radical (unpaired) electrons. The fourth-order valence-electron chi connectivity index (χ4n) is 2.88. The summed E-state index contributed by atoms with van der Waals surface area (Å²) < 4.78 is 2.20. The Morgan fingerprint density at radius 3 is 2.37 bits per heavy atom. The van der Waals surface area contributed by atoms with Gasteiger partial charge in [0.15, 0.2) is 5.96 Å². The van der Waals surface area contributed by atoms with Crippen LogP contribution in [0.15, 0.2) is 78.0 Å². The average molecular weight is 361 g/mol. The molecule has 0 aliphatic rings. The zero-order valence-corrected chi connectivity index (χ0v) is 15.8. The van der Waals surface area contributed by atoms with Crippen LogP contribution in [-0.4, -0.2) is 28.6 Å². The predicted molar refractivity (Wildman–Crippen MR) is 111 cm³/mol. The van der Waals surface area contributed by atoms with Crippen molar-refractivity contribution in [1.29, 1.82) is 0 Å². The smallest absolute Gasteiger partial charge is 0.191 e. The zero-order valence-electron chi connectivity index (χ0n) is 15.8. The highest BCUT2D eigenvalue weighted by Crippen LogP contribution is 2.06. The molecule has 0 saturated carbocycles. The molecule has 0 aliphatic carbocycles. The van der Waals surface area contributed by atoms with Gasteiger partial charge in [0.2, 0.25) is 0 Å². The molecule has 0 spiro atoms. The van der Waals surface area contributed by atoms with Gasteiger partial charge in [-0.05, 0) is 18.1 Å². The van der Waals surface area contributed by atoms with Crippen molar-refractivity contribution in [2.24, 2.45) is 4.99 Å². The van der Waals surface area contributed by atoms with E-state index in [1.54, 1.807) is 0 Å². The maximum Gasteiger partial charge on any atom is 0.191 e. The molecule has 3 aromatic rings. The van der Waals surface area contributed by atoms with E-state index in [1.807, 2.05) is 36.7 Å². The third kappa shape index (κ3) is 5.99. The zero-order chi connectivity index (χ0) is 18.7. The Bertz CT molecular complexity index is 824. The van der Waals surface area contributed by atoms with Crippen molar-refractivity contribution in [2.75, 3.05) is 13.1 Å². The highest BCUT2D eigenvalue weighted by atomic mass is 15.2. The predicted octanol–water partition coefficient (Wildman–Crippen LogP) is 3.23. The van der Waals surface area contributed by atoms with Crippen LogP contribution in [0.1, 0.15) is 23.9 Å². The van der Waals surface area contributed by atoms with E-state index in [1.165, 1.54) is 11.1 Å². The van der Waals surface area contributed by atoms with Gasteiger partial charge in [0.1, 0.15) is 5.82 Å². The second-order valence-electron chi connectivity index (χ2n) is 6.31. The number of imidazole rings is 1. The summed E-state index contributed by atoms with van der Waals surface area (Å²) in [4.78, 5) is 9.17. The van der Waals surface area contributed by atoms with E-state index in [0.29, 0.717) is 6.54 Å². The summed E-state index contributed by atoms with van der Waals surface area (Å²) in [6.45, 7) is 5.21. The number of nitrogens with zero attached hydrogens (tertiary/aromatic N) is 3. The molecule has 3 rings (SSSR count). The standard InChI is InChI=1S/C22H27N5/c1-2-23-22(26-17-19-9-5-3-6-10-19)25-14-13-21-24-15-16-27(21)18-20-11-7-4-8-12-20/h3-12,15-16H,2,13-14,17-18H2,1H3,(H2,23,25,26). The highest BCUT2D eigenvalue weighted by Gasteiger charge is 2.04. The van der Waals surface area contributed by atoms with E-state index in [4.69, 9.17) is 0 Å². The van der Waals surface area contributed by atoms with Crippen molar-refractivity contribution in [3.63, 3.8) is 0 Å². The van der Waals surface area contributed by atoms with E-state index in [0.717, 1.165) is 37.8 Å². The second-order valence-corrected chi connectivity index (χ2v) is 6.31. The number of nitrogens with one attached hydrogen (secondary N) is 2. The van der Waals surface area contributed by atoms with Gasteiger partial charge in [0.05, 0.1) is 6.54 Å². The van der Waals surface area contributed by atoms with Gasteiger partial charge in [0, 0.05) is 38.4 Å². The Labute approximate surface area is 161 Å². The van der Waals surface area contributed by atoms with Gasteiger partial charge >= 0.3 is 0 Å². The summed E-state index contributed by atoms with van der Waals surface area (Å²) in [7, 11) is 0. The summed E-state index contributed by atoms with van der Waals surface area (Å²) in [5, 5.41) is 6.70. The first-order valence-electron chi connectivity index (χ1n) is 9.45. The molecule has 1 aromatic heterocycles. The van der Waals surface area contributed by atoms with Crippen LogP contribution >= 0.6 is 0 Å². The van der Waals surface area contributed by atoms with Gasteiger partial charge in [-0.15, -0.1) is 0 Å². The molecule has 0 fully saturated rings. The Hall–Kier alpha value is -3.08. The van der Waals surface area contributed by atoms with Crippen LogP contribution in [0.5, 0.6) is 0 Å². The van der Waals surface area contributed by atoms with Gasteiger partial charge in [-0.25, -0.2) is 9.98 Å². The fourth-order valence-corrected chi connectivity index (χ4v) is 2.88. The monoisotopic (exact) mass is 361 g/mol. The quantitative estimate of drug-likeness (QED) is 0.478. The maximum atomic E-state index is 4.66. The minimum Gasteiger partial charge on any atom is -0.357 e. The van der Waals surface area contributed by atoms with Crippen LogP contribution in [0.3, 0.4) is 0 Å². The Morgan fingerprint density at radius 2 is 1.67 bits per heavy atom. The highest BCUT2D eigenvalue weighted by molar-refractivity contribution is 5.79. The van der Waals surface area contributed by atoms with Crippen molar-refractivity contribution >= 4 is 5.96 Å². The molecule has 2 N–H and O–H groups in total. The first-order valence-corrected chi connectivity index (χ1v) is 9.45. The lowest BCUT2D eigenvalue weighted by Gasteiger charge is -2.12. The number of hydrogen-bond donors (Lipinski definition) is 2. The normalized spacial score (nSPS) is 11.4. The van der Waals surface area contributed by atoms with Crippen LogP contribution < -0.4 is 10.6 Å². The van der Waals surface area contributed by atoms with Crippen LogP contribution in [0.4, 0.5) is 0 Å². The molecule has 0 unspecified atom stereocenters. The van der Waals surface area contributed by atoms with E-state index < -0.39 is 0 Å². The van der Waals surface area contributed by atoms with Gasteiger partial charge in [-0.2, -0.15) is 0 Å². The van der Waals surface area contributed by atoms with Crippen molar-refractivity contribution in [3.05, 3.63) is 90.0 Å². The largest absolute Gasteiger partial charge is 0.357 e. The molecule has 0 aliphatic heterocycles. The number of benzene rings is 2. The third-order valence-electron chi connectivity index (χ3n) is 4.25. The number of aliphatic imine (C=N–C) groups is 1. The van der Waals surface area contributed by atoms with E-state index in [-0.39, 0.29) is 0 Å². The first kappa shape index (κ1) is 18.7. The molecule has 0 amide bonds.